The van der Waals surface area contributed by atoms with Crippen LogP contribution in [0.3, 0.4) is 0 Å². The first kappa shape index (κ1) is 16.5. The van der Waals surface area contributed by atoms with E-state index in [9.17, 15) is 9.59 Å². The first-order chi connectivity index (χ1) is 9.31. The lowest BCUT2D eigenvalue weighted by molar-refractivity contribution is -0.136. The topological polar surface area (TPSA) is 63.6 Å². The summed E-state index contributed by atoms with van der Waals surface area (Å²) in [6.07, 6.45) is -0.263. The monoisotopic (exact) mass is 298 g/mol. The van der Waals surface area contributed by atoms with Crippen LogP contribution in [0.25, 0.3) is 0 Å². The number of hydrogen-bond donors (Lipinski definition) is 1. The molecule has 0 unspecified atom stereocenters. The van der Waals surface area contributed by atoms with Crippen LogP contribution in [0, 0.1) is 12.8 Å². The summed E-state index contributed by atoms with van der Waals surface area (Å²) in [4.78, 5) is 22.6. The molecule has 0 saturated carbocycles. The van der Waals surface area contributed by atoms with E-state index in [1.165, 1.54) is 0 Å². The van der Waals surface area contributed by atoms with Crippen molar-refractivity contribution in [1.29, 1.82) is 0 Å². The molecule has 5 heteroatoms. The van der Waals surface area contributed by atoms with Crippen LogP contribution in [-0.2, 0) is 4.79 Å². The maximum atomic E-state index is 12.1. The molecular formula is C15H19ClO4. The maximum Gasteiger partial charge on any atom is 0.303 e. The Bertz CT molecular complexity index is 509. The van der Waals surface area contributed by atoms with Crippen LogP contribution < -0.4 is 4.74 Å². The molecular weight excluding hydrogens is 280 g/mol. The van der Waals surface area contributed by atoms with Gasteiger partial charge in [0.1, 0.15) is 5.75 Å². The zero-order valence-corrected chi connectivity index (χ0v) is 12.7. The highest BCUT2D eigenvalue weighted by Crippen LogP contribution is 2.28. The standard InChI is InChI=1S/C15H19ClO4/c1-9(2)8-20-14-6-10(3)12(16)7-11(14)13(17)4-5-15(18)19/h6-7,9H,4-5,8H2,1-3H3,(H,18,19). The van der Waals surface area contributed by atoms with Gasteiger partial charge in [0.25, 0.3) is 0 Å². The molecule has 0 aromatic heterocycles. The molecule has 0 aliphatic heterocycles. The average Bonchev–Trinajstić information content (AvgIpc) is 2.36. The minimum atomic E-state index is -0.999. The highest BCUT2D eigenvalue weighted by Gasteiger charge is 2.16. The quantitative estimate of drug-likeness (QED) is 0.779. The van der Waals surface area contributed by atoms with E-state index in [0.717, 1.165) is 5.56 Å². The number of benzene rings is 1. The molecule has 0 amide bonds. The number of rotatable bonds is 7. The van der Waals surface area contributed by atoms with Crippen molar-refractivity contribution < 1.29 is 19.4 Å². The summed E-state index contributed by atoms with van der Waals surface area (Å²) in [6, 6.07) is 3.27. The summed E-state index contributed by atoms with van der Waals surface area (Å²) >= 11 is 6.03. The van der Waals surface area contributed by atoms with Gasteiger partial charge in [-0.15, -0.1) is 0 Å². The molecule has 0 aliphatic carbocycles. The molecule has 0 aliphatic rings. The number of aryl methyl sites for hydroxylation is 1. The minimum Gasteiger partial charge on any atom is -0.493 e. The summed E-state index contributed by atoms with van der Waals surface area (Å²) in [5, 5.41) is 9.12. The van der Waals surface area contributed by atoms with Gasteiger partial charge < -0.3 is 9.84 Å². The van der Waals surface area contributed by atoms with E-state index in [1.54, 1.807) is 12.1 Å². The predicted octanol–water partition coefficient (Wildman–Crippen LogP) is 3.73. The van der Waals surface area contributed by atoms with Crippen LogP contribution in [-0.4, -0.2) is 23.5 Å². The molecule has 0 bridgehead atoms. The largest absolute Gasteiger partial charge is 0.493 e. The van der Waals surface area contributed by atoms with Crippen LogP contribution in [0.2, 0.25) is 5.02 Å². The van der Waals surface area contributed by atoms with Gasteiger partial charge in [0.05, 0.1) is 18.6 Å². The summed E-state index contributed by atoms with van der Waals surface area (Å²) in [7, 11) is 0. The van der Waals surface area contributed by atoms with E-state index in [4.69, 9.17) is 21.4 Å². The van der Waals surface area contributed by atoms with Gasteiger partial charge in [-0.2, -0.15) is 0 Å². The van der Waals surface area contributed by atoms with Crippen molar-refractivity contribution in [3.8, 4) is 5.75 Å². The Morgan fingerprint density at radius 3 is 2.50 bits per heavy atom. The van der Waals surface area contributed by atoms with Crippen molar-refractivity contribution in [2.24, 2.45) is 5.92 Å². The van der Waals surface area contributed by atoms with Crippen LogP contribution >= 0.6 is 11.6 Å². The Morgan fingerprint density at radius 1 is 1.30 bits per heavy atom. The van der Waals surface area contributed by atoms with Crippen molar-refractivity contribution in [3.63, 3.8) is 0 Å². The Labute approximate surface area is 123 Å². The Kier molecular flexibility index (Phi) is 6.02. The molecule has 1 N–H and O–H groups in total. The van der Waals surface area contributed by atoms with Crippen LogP contribution in [0.1, 0.15) is 42.6 Å². The van der Waals surface area contributed by atoms with E-state index in [0.29, 0.717) is 28.9 Å². The first-order valence-electron chi connectivity index (χ1n) is 6.49. The lowest BCUT2D eigenvalue weighted by atomic mass is 10.0. The number of carboxylic acids is 1. The van der Waals surface area contributed by atoms with E-state index in [-0.39, 0.29) is 18.6 Å². The summed E-state index contributed by atoms with van der Waals surface area (Å²) in [5.74, 6) is -0.474. The molecule has 0 atom stereocenters. The molecule has 110 valence electrons. The number of halogens is 1. The normalized spacial score (nSPS) is 10.7. The first-order valence-corrected chi connectivity index (χ1v) is 6.87. The highest BCUT2D eigenvalue weighted by molar-refractivity contribution is 6.31. The highest BCUT2D eigenvalue weighted by atomic mass is 35.5. The number of carboxylic acid groups (broad SMARTS) is 1. The molecule has 1 aromatic rings. The molecule has 20 heavy (non-hydrogen) atoms. The lowest BCUT2D eigenvalue weighted by Gasteiger charge is -2.14. The van der Waals surface area contributed by atoms with Gasteiger partial charge in [0.2, 0.25) is 0 Å². The van der Waals surface area contributed by atoms with Gasteiger partial charge in [0, 0.05) is 11.4 Å². The van der Waals surface area contributed by atoms with E-state index in [2.05, 4.69) is 0 Å². The molecule has 0 radical (unpaired) electrons. The molecule has 0 fully saturated rings. The van der Waals surface area contributed by atoms with Crippen molar-refractivity contribution in [2.75, 3.05) is 6.61 Å². The second kappa shape index (κ2) is 7.29. The number of aliphatic carboxylic acids is 1. The Balaban J connectivity index is 2.99. The van der Waals surface area contributed by atoms with E-state index in [1.807, 2.05) is 20.8 Å². The second-order valence-electron chi connectivity index (χ2n) is 5.12. The maximum absolute atomic E-state index is 12.1. The number of hydrogen-bond acceptors (Lipinski definition) is 3. The van der Waals surface area contributed by atoms with Crippen molar-refractivity contribution >= 4 is 23.4 Å². The molecule has 0 saturated heterocycles. The van der Waals surface area contributed by atoms with Gasteiger partial charge in [-0.25, -0.2) is 0 Å². The minimum absolute atomic E-state index is 0.0627. The van der Waals surface area contributed by atoms with Gasteiger partial charge >= 0.3 is 5.97 Å². The predicted molar refractivity (Wildman–Crippen MR) is 77.7 cm³/mol. The fourth-order valence-electron chi connectivity index (χ4n) is 1.60. The number of ether oxygens (including phenoxy) is 1. The van der Waals surface area contributed by atoms with Gasteiger partial charge in [-0.05, 0) is 30.5 Å². The third kappa shape index (κ3) is 4.85. The lowest BCUT2D eigenvalue weighted by Crippen LogP contribution is -2.10. The molecule has 4 nitrogen and oxygen atoms in total. The number of Topliss-reactive ketones (excluding diaryl/α,β-unsaturated/α-hetero) is 1. The van der Waals surface area contributed by atoms with Crippen LogP contribution in [0.15, 0.2) is 12.1 Å². The molecule has 0 spiro atoms. The van der Waals surface area contributed by atoms with Crippen molar-refractivity contribution in [3.05, 3.63) is 28.3 Å². The summed E-state index contributed by atoms with van der Waals surface area (Å²) in [6.45, 7) is 6.33. The van der Waals surface area contributed by atoms with Crippen molar-refractivity contribution in [2.45, 2.75) is 33.6 Å². The average molecular weight is 299 g/mol. The number of carbonyl (C=O) groups excluding carboxylic acids is 1. The fourth-order valence-corrected chi connectivity index (χ4v) is 1.77. The van der Waals surface area contributed by atoms with Crippen LogP contribution in [0.4, 0.5) is 0 Å². The Hall–Kier alpha value is -1.55. The third-order valence-corrected chi connectivity index (χ3v) is 3.11. The number of carbonyl (C=O) groups is 2. The summed E-state index contributed by atoms with van der Waals surface area (Å²) < 4.78 is 5.64. The molecule has 0 heterocycles. The van der Waals surface area contributed by atoms with Gasteiger partial charge in [0.15, 0.2) is 5.78 Å². The Morgan fingerprint density at radius 2 is 1.95 bits per heavy atom. The second-order valence-corrected chi connectivity index (χ2v) is 5.53. The fraction of sp³-hybridized carbons (Fsp3) is 0.467. The third-order valence-electron chi connectivity index (χ3n) is 2.70. The molecule has 1 rings (SSSR count). The van der Waals surface area contributed by atoms with E-state index >= 15 is 0 Å². The zero-order valence-electron chi connectivity index (χ0n) is 11.9. The van der Waals surface area contributed by atoms with Crippen molar-refractivity contribution in [1.82, 2.24) is 0 Å². The van der Waals surface area contributed by atoms with E-state index < -0.39 is 5.97 Å². The van der Waals surface area contributed by atoms with Crippen LogP contribution in [0.5, 0.6) is 5.75 Å². The van der Waals surface area contributed by atoms with Gasteiger partial charge in [-0.1, -0.05) is 25.4 Å². The smallest absolute Gasteiger partial charge is 0.303 e. The zero-order chi connectivity index (χ0) is 15.3. The SMILES string of the molecule is Cc1cc(OCC(C)C)c(C(=O)CCC(=O)O)cc1Cl. The number of ketones is 1. The summed E-state index contributed by atoms with van der Waals surface area (Å²) in [5.41, 5.74) is 1.17. The molecule has 1 aromatic carbocycles. The van der Waals surface area contributed by atoms with Gasteiger partial charge in [-0.3, -0.25) is 9.59 Å².